The van der Waals surface area contributed by atoms with Crippen molar-refractivity contribution in [3.8, 4) is 5.75 Å². The van der Waals surface area contributed by atoms with Crippen LogP contribution >= 0.6 is 0 Å². The van der Waals surface area contributed by atoms with Crippen molar-refractivity contribution >= 4 is 19.3 Å². The maximum Gasteiger partial charge on any atom is 0.164 e. The smallest absolute Gasteiger partial charge is 0.164 e. The first-order chi connectivity index (χ1) is 8.69. The van der Waals surface area contributed by atoms with E-state index in [-0.39, 0.29) is 0 Å². The molecule has 0 saturated heterocycles. The third-order valence-electron chi connectivity index (χ3n) is 2.86. The monoisotopic (exact) mass is 240 g/mol. The molecule has 2 rings (SSSR count). The van der Waals surface area contributed by atoms with Crippen LogP contribution in [0.4, 0.5) is 5.82 Å². The fourth-order valence-corrected chi connectivity index (χ4v) is 1.73. The first kappa shape index (κ1) is 12.5. The number of pyridine rings is 1. The van der Waals surface area contributed by atoms with E-state index in [1.54, 1.807) is 7.11 Å². The molecule has 0 amide bonds. The molecule has 0 aliphatic rings. The molecule has 92 valence electrons. The molecule has 1 N–H and O–H groups in total. The number of aromatic nitrogens is 1. The molecule has 18 heavy (non-hydrogen) atoms. The number of anilines is 1. The molecule has 0 radical (unpaired) electrons. The molecule has 0 atom stereocenters. The van der Waals surface area contributed by atoms with E-state index in [4.69, 9.17) is 4.74 Å². The summed E-state index contributed by atoms with van der Waals surface area (Å²) in [4.78, 5) is 4.49. The van der Waals surface area contributed by atoms with Crippen molar-refractivity contribution in [3.63, 3.8) is 0 Å². The SMILES string of the molecule is Bc1ccc(C)c(NCc2ccc(OC)cc2)n1. The molecule has 0 aliphatic carbocycles. The van der Waals surface area contributed by atoms with E-state index >= 15 is 0 Å². The zero-order valence-electron chi connectivity index (χ0n) is 11.0. The van der Waals surface area contributed by atoms with Crippen LogP contribution in [-0.2, 0) is 6.54 Å². The third-order valence-corrected chi connectivity index (χ3v) is 2.86. The molecule has 1 heterocycles. The Bertz CT molecular complexity index is 526. The Morgan fingerprint density at radius 1 is 1.17 bits per heavy atom. The van der Waals surface area contributed by atoms with Gasteiger partial charge in [-0.25, -0.2) is 4.98 Å². The van der Waals surface area contributed by atoms with Gasteiger partial charge in [-0.15, -0.1) is 0 Å². The standard InChI is InChI=1S/C14H17BN2O/c1-10-3-8-13(15)17-14(10)16-9-11-4-6-12(18-2)7-5-11/h3-8H,9,15H2,1-2H3,(H,16,17). The van der Waals surface area contributed by atoms with Crippen LogP contribution in [0.1, 0.15) is 11.1 Å². The van der Waals surface area contributed by atoms with E-state index in [1.165, 1.54) is 5.56 Å². The largest absolute Gasteiger partial charge is 0.497 e. The lowest BCUT2D eigenvalue weighted by molar-refractivity contribution is 0.414. The molecule has 0 saturated carbocycles. The number of ether oxygens (including phenoxy) is 1. The molecule has 1 aromatic heterocycles. The van der Waals surface area contributed by atoms with Gasteiger partial charge in [0.15, 0.2) is 7.85 Å². The highest BCUT2D eigenvalue weighted by atomic mass is 16.5. The van der Waals surface area contributed by atoms with E-state index in [0.717, 1.165) is 29.3 Å². The summed E-state index contributed by atoms with van der Waals surface area (Å²) in [5, 5.41) is 3.36. The third kappa shape index (κ3) is 3.03. The van der Waals surface area contributed by atoms with Crippen LogP contribution in [0.2, 0.25) is 0 Å². The maximum atomic E-state index is 5.13. The predicted molar refractivity (Wildman–Crippen MR) is 77.5 cm³/mol. The van der Waals surface area contributed by atoms with Gasteiger partial charge in [-0.1, -0.05) is 24.3 Å². The highest BCUT2D eigenvalue weighted by Crippen LogP contribution is 2.14. The number of methoxy groups -OCH3 is 1. The lowest BCUT2D eigenvalue weighted by Crippen LogP contribution is -2.12. The summed E-state index contributed by atoms with van der Waals surface area (Å²) in [5.41, 5.74) is 3.39. The van der Waals surface area contributed by atoms with E-state index in [1.807, 2.05) is 26.0 Å². The molecular formula is C14H17BN2O. The molecule has 0 fully saturated rings. The van der Waals surface area contributed by atoms with E-state index in [2.05, 4.69) is 35.4 Å². The Morgan fingerprint density at radius 3 is 2.56 bits per heavy atom. The summed E-state index contributed by atoms with van der Waals surface area (Å²) in [5.74, 6) is 1.83. The second-order valence-corrected chi connectivity index (χ2v) is 4.32. The molecule has 2 aromatic rings. The van der Waals surface area contributed by atoms with Gasteiger partial charge < -0.3 is 10.1 Å². The minimum atomic E-state index is 0.765. The van der Waals surface area contributed by atoms with Gasteiger partial charge >= 0.3 is 0 Å². The van der Waals surface area contributed by atoms with Gasteiger partial charge in [0.2, 0.25) is 0 Å². The molecule has 0 bridgehead atoms. The van der Waals surface area contributed by atoms with Gasteiger partial charge in [0, 0.05) is 6.54 Å². The van der Waals surface area contributed by atoms with Crippen molar-refractivity contribution in [1.29, 1.82) is 0 Å². The summed E-state index contributed by atoms with van der Waals surface area (Å²) >= 11 is 0. The van der Waals surface area contributed by atoms with Crippen LogP contribution in [0.5, 0.6) is 5.75 Å². The lowest BCUT2D eigenvalue weighted by Gasteiger charge is -2.10. The summed E-state index contributed by atoms with van der Waals surface area (Å²) in [6.45, 7) is 2.82. The van der Waals surface area contributed by atoms with Crippen LogP contribution in [0.15, 0.2) is 36.4 Å². The molecule has 4 heteroatoms. The van der Waals surface area contributed by atoms with Crippen molar-refractivity contribution in [2.24, 2.45) is 0 Å². The lowest BCUT2D eigenvalue weighted by atomic mass is 10.0. The number of benzene rings is 1. The molecule has 0 aliphatic heterocycles. The number of nitrogens with zero attached hydrogens (tertiary/aromatic N) is 1. The van der Waals surface area contributed by atoms with Crippen molar-refractivity contribution in [2.45, 2.75) is 13.5 Å². The average Bonchev–Trinajstić information content (AvgIpc) is 2.40. The summed E-state index contributed by atoms with van der Waals surface area (Å²) < 4.78 is 5.13. The van der Waals surface area contributed by atoms with E-state index in [0.29, 0.717) is 0 Å². The summed E-state index contributed by atoms with van der Waals surface area (Å²) in [6, 6.07) is 12.1. The maximum absolute atomic E-state index is 5.13. The predicted octanol–water partition coefficient (Wildman–Crippen LogP) is 1.27. The second-order valence-electron chi connectivity index (χ2n) is 4.32. The highest BCUT2D eigenvalue weighted by molar-refractivity contribution is 6.30. The van der Waals surface area contributed by atoms with Crippen LogP contribution in [0.25, 0.3) is 0 Å². The Hall–Kier alpha value is -1.97. The van der Waals surface area contributed by atoms with Crippen LogP contribution in [-0.4, -0.2) is 19.9 Å². The van der Waals surface area contributed by atoms with Crippen LogP contribution in [0, 0.1) is 6.92 Å². The molecule has 0 unspecified atom stereocenters. The quantitative estimate of drug-likeness (QED) is 0.817. The first-order valence-electron chi connectivity index (χ1n) is 6.00. The minimum Gasteiger partial charge on any atom is -0.497 e. The fraction of sp³-hybridized carbons (Fsp3) is 0.214. The number of aryl methyl sites for hydroxylation is 1. The van der Waals surface area contributed by atoms with Gasteiger partial charge in [-0.3, -0.25) is 0 Å². The number of rotatable bonds is 4. The Kier molecular flexibility index (Phi) is 3.87. The first-order valence-corrected chi connectivity index (χ1v) is 6.00. The molecule has 0 spiro atoms. The van der Waals surface area contributed by atoms with Crippen LogP contribution < -0.4 is 15.6 Å². The van der Waals surface area contributed by atoms with Gasteiger partial charge in [0.05, 0.1) is 7.11 Å². The number of nitrogens with one attached hydrogen (secondary N) is 1. The zero-order valence-corrected chi connectivity index (χ0v) is 11.0. The number of hydrogen-bond acceptors (Lipinski definition) is 3. The highest BCUT2D eigenvalue weighted by Gasteiger charge is 2.00. The average molecular weight is 240 g/mol. The molecule has 1 aromatic carbocycles. The van der Waals surface area contributed by atoms with Gasteiger partial charge in [0.1, 0.15) is 11.6 Å². The minimum absolute atomic E-state index is 0.765. The van der Waals surface area contributed by atoms with Crippen LogP contribution in [0.3, 0.4) is 0 Å². The molecular weight excluding hydrogens is 223 g/mol. The Balaban J connectivity index is 2.04. The number of hydrogen-bond donors (Lipinski definition) is 1. The van der Waals surface area contributed by atoms with E-state index in [9.17, 15) is 0 Å². The zero-order chi connectivity index (χ0) is 13.0. The Labute approximate surface area is 109 Å². The van der Waals surface area contributed by atoms with Crippen molar-refractivity contribution in [2.75, 3.05) is 12.4 Å². The molecule has 3 nitrogen and oxygen atoms in total. The summed E-state index contributed by atoms with van der Waals surface area (Å²) in [7, 11) is 3.67. The normalized spacial score (nSPS) is 10.1. The topological polar surface area (TPSA) is 34.1 Å². The van der Waals surface area contributed by atoms with Gasteiger partial charge in [-0.2, -0.15) is 0 Å². The Morgan fingerprint density at radius 2 is 1.89 bits per heavy atom. The van der Waals surface area contributed by atoms with E-state index < -0.39 is 0 Å². The van der Waals surface area contributed by atoms with Crippen molar-refractivity contribution < 1.29 is 4.74 Å². The van der Waals surface area contributed by atoms with Gasteiger partial charge in [0.25, 0.3) is 0 Å². The van der Waals surface area contributed by atoms with Crippen molar-refractivity contribution in [3.05, 3.63) is 47.5 Å². The second kappa shape index (κ2) is 5.58. The van der Waals surface area contributed by atoms with Crippen molar-refractivity contribution in [1.82, 2.24) is 4.98 Å². The summed E-state index contributed by atoms with van der Waals surface area (Å²) in [6.07, 6.45) is 0. The fourth-order valence-electron chi connectivity index (χ4n) is 1.73. The van der Waals surface area contributed by atoms with Gasteiger partial charge in [-0.05, 0) is 35.8 Å².